The molecule has 1 saturated heterocycles. The Hall–Kier alpha value is -1.36. The summed E-state index contributed by atoms with van der Waals surface area (Å²) in [6.45, 7) is 8.04. The molecule has 5 nitrogen and oxygen atoms in total. The molecule has 0 spiro atoms. The summed E-state index contributed by atoms with van der Waals surface area (Å²) in [5, 5.41) is 6.84. The fourth-order valence-electron chi connectivity index (χ4n) is 2.05. The van der Waals surface area contributed by atoms with Crippen molar-refractivity contribution in [1.82, 2.24) is 10.5 Å². The van der Waals surface area contributed by atoms with Gasteiger partial charge in [-0.15, -0.1) is 0 Å². The summed E-state index contributed by atoms with van der Waals surface area (Å²) >= 11 is 0. The van der Waals surface area contributed by atoms with Gasteiger partial charge in [-0.1, -0.05) is 12.1 Å². The number of carbonyl (C=O) groups excluding carboxylic acids is 1. The van der Waals surface area contributed by atoms with Crippen molar-refractivity contribution >= 4 is 5.91 Å². The van der Waals surface area contributed by atoms with Crippen molar-refractivity contribution in [2.75, 3.05) is 19.8 Å². The minimum absolute atomic E-state index is 0.0723. The van der Waals surface area contributed by atoms with Gasteiger partial charge in [0.1, 0.15) is 5.76 Å². The van der Waals surface area contributed by atoms with Crippen molar-refractivity contribution in [1.29, 1.82) is 0 Å². The molecular formula is C13H20N2O3. The average molecular weight is 252 g/mol. The molecule has 1 fully saturated rings. The number of nitrogens with zero attached hydrogens (tertiary/aromatic N) is 1. The van der Waals surface area contributed by atoms with E-state index in [9.17, 15) is 4.79 Å². The summed E-state index contributed by atoms with van der Waals surface area (Å²) in [6, 6.07) is 0. The van der Waals surface area contributed by atoms with Crippen LogP contribution in [0.2, 0.25) is 0 Å². The Labute approximate surface area is 107 Å². The lowest BCUT2D eigenvalue weighted by atomic mass is 9.89. The molecule has 5 heteroatoms. The van der Waals surface area contributed by atoms with Crippen LogP contribution in [-0.2, 0) is 16.0 Å². The van der Waals surface area contributed by atoms with Crippen LogP contribution in [0.25, 0.3) is 0 Å². The van der Waals surface area contributed by atoms with Crippen LogP contribution >= 0.6 is 0 Å². The minimum Gasteiger partial charge on any atom is -0.380 e. The molecule has 1 amide bonds. The summed E-state index contributed by atoms with van der Waals surface area (Å²) in [5.74, 6) is 0.878. The Balaban J connectivity index is 1.75. The van der Waals surface area contributed by atoms with E-state index in [4.69, 9.17) is 9.26 Å². The highest BCUT2D eigenvalue weighted by molar-refractivity contribution is 5.76. The largest absolute Gasteiger partial charge is 0.380 e. The maximum atomic E-state index is 11.7. The second-order valence-corrected chi connectivity index (χ2v) is 5.38. The zero-order chi connectivity index (χ0) is 13.2. The molecule has 0 radical (unpaired) electrons. The van der Waals surface area contributed by atoms with Crippen molar-refractivity contribution in [3.05, 3.63) is 17.0 Å². The Bertz CT molecular complexity index is 416. The summed E-state index contributed by atoms with van der Waals surface area (Å²) < 4.78 is 10.2. The SMILES string of the molecule is Cc1noc(C)c1CCC(=O)NCC1(C)COC1. The first-order valence-corrected chi connectivity index (χ1v) is 6.26. The summed E-state index contributed by atoms with van der Waals surface area (Å²) in [4.78, 5) is 11.7. The molecule has 0 bridgehead atoms. The van der Waals surface area contributed by atoms with Crippen molar-refractivity contribution in [3.63, 3.8) is 0 Å². The van der Waals surface area contributed by atoms with Gasteiger partial charge in [0.25, 0.3) is 0 Å². The molecule has 1 N–H and O–H groups in total. The van der Waals surface area contributed by atoms with E-state index in [-0.39, 0.29) is 11.3 Å². The van der Waals surface area contributed by atoms with Gasteiger partial charge in [-0.2, -0.15) is 0 Å². The number of ether oxygens (including phenoxy) is 1. The van der Waals surface area contributed by atoms with Gasteiger partial charge >= 0.3 is 0 Å². The molecule has 0 aromatic carbocycles. The second kappa shape index (κ2) is 5.10. The Morgan fingerprint density at radius 2 is 2.17 bits per heavy atom. The van der Waals surface area contributed by atoms with E-state index in [0.717, 1.165) is 30.2 Å². The van der Waals surface area contributed by atoms with Crippen LogP contribution < -0.4 is 5.32 Å². The second-order valence-electron chi connectivity index (χ2n) is 5.38. The lowest BCUT2D eigenvalue weighted by Crippen LogP contribution is -2.48. The third-order valence-electron chi connectivity index (χ3n) is 3.40. The molecular weight excluding hydrogens is 232 g/mol. The average Bonchev–Trinajstić information content (AvgIpc) is 2.61. The molecule has 1 aromatic rings. The van der Waals surface area contributed by atoms with E-state index >= 15 is 0 Å². The molecule has 0 aliphatic carbocycles. The molecule has 1 aliphatic rings. The van der Waals surface area contributed by atoms with Crippen LogP contribution in [0.5, 0.6) is 0 Å². The summed E-state index contributed by atoms with van der Waals surface area (Å²) in [5.41, 5.74) is 2.04. The van der Waals surface area contributed by atoms with Crippen molar-refractivity contribution in [2.24, 2.45) is 5.41 Å². The van der Waals surface area contributed by atoms with Gasteiger partial charge in [0, 0.05) is 23.9 Å². The van der Waals surface area contributed by atoms with Gasteiger partial charge in [0.05, 0.1) is 18.9 Å². The molecule has 1 aromatic heterocycles. The fraction of sp³-hybridized carbons (Fsp3) is 0.692. The zero-order valence-corrected chi connectivity index (χ0v) is 11.2. The fourth-order valence-corrected chi connectivity index (χ4v) is 2.05. The third kappa shape index (κ3) is 2.90. The standard InChI is InChI=1S/C13H20N2O3/c1-9-11(10(2)18-15-9)4-5-12(16)14-6-13(3)7-17-8-13/h4-8H2,1-3H3,(H,14,16). The van der Waals surface area contributed by atoms with Gasteiger partial charge in [0.2, 0.25) is 5.91 Å². The number of aryl methyl sites for hydroxylation is 2. The van der Waals surface area contributed by atoms with E-state index in [1.165, 1.54) is 0 Å². The van der Waals surface area contributed by atoms with Gasteiger partial charge in [-0.25, -0.2) is 0 Å². The summed E-state index contributed by atoms with van der Waals surface area (Å²) in [6.07, 6.45) is 1.15. The van der Waals surface area contributed by atoms with Gasteiger partial charge < -0.3 is 14.6 Å². The lowest BCUT2D eigenvalue weighted by Gasteiger charge is -2.38. The molecule has 18 heavy (non-hydrogen) atoms. The molecule has 2 heterocycles. The predicted octanol–water partition coefficient (Wildman–Crippen LogP) is 1.38. The van der Waals surface area contributed by atoms with Gasteiger partial charge in [-0.3, -0.25) is 4.79 Å². The quantitative estimate of drug-likeness (QED) is 0.859. The van der Waals surface area contributed by atoms with Crippen LogP contribution in [0, 0.1) is 19.3 Å². The number of nitrogens with one attached hydrogen (secondary N) is 1. The van der Waals surface area contributed by atoms with Gasteiger partial charge in [0.15, 0.2) is 0 Å². The molecule has 2 rings (SSSR count). The zero-order valence-electron chi connectivity index (χ0n) is 11.2. The van der Waals surface area contributed by atoms with Crippen LogP contribution in [0.4, 0.5) is 0 Å². The van der Waals surface area contributed by atoms with Crippen molar-refractivity contribution in [2.45, 2.75) is 33.6 Å². The van der Waals surface area contributed by atoms with Crippen molar-refractivity contribution in [3.8, 4) is 0 Å². The number of hydrogen-bond acceptors (Lipinski definition) is 4. The molecule has 100 valence electrons. The highest BCUT2D eigenvalue weighted by Gasteiger charge is 2.33. The Kier molecular flexibility index (Phi) is 3.71. The Morgan fingerprint density at radius 3 is 2.67 bits per heavy atom. The van der Waals surface area contributed by atoms with Crippen LogP contribution in [0.3, 0.4) is 0 Å². The minimum atomic E-state index is 0.0723. The predicted molar refractivity (Wildman–Crippen MR) is 66.2 cm³/mol. The lowest BCUT2D eigenvalue weighted by molar-refractivity contribution is -0.126. The van der Waals surface area contributed by atoms with E-state index in [1.54, 1.807) is 0 Å². The maximum Gasteiger partial charge on any atom is 0.220 e. The molecule has 0 atom stereocenters. The number of carbonyl (C=O) groups is 1. The van der Waals surface area contributed by atoms with Crippen molar-refractivity contribution < 1.29 is 14.1 Å². The van der Waals surface area contributed by atoms with E-state index in [1.807, 2.05) is 13.8 Å². The first-order chi connectivity index (χ1) is 8.50. The van der Waals surface area contributed by atoms with E-state index in [0.29, 0.717) is 19.4 Å². The number of amides is 1. The Morgan fingerprint density at radius 1 is 1.44 bits per heavy atom. The number of hydrogen-bond donors (Lipinski definition) is 1. The van der Waals surface area contributed by atoms with E-state index < -0.39 is 0 Å². The molecule has 0 unspecified atom stereocenters. The smallest absolute Gasteiger partial charge is 0.220 e. The first kappa shape index (κ1) is 13.1. The third-order valence-corrected chi connectivity index (χ3v) is 3.40. The molecule has 1 aliphatic heterocycles. The topological polar surface area (TPSA) is 64.4 Å². The highest BCUT2D eigenvalue weighted by atomic mass is 16.5. The number of rotatable bonds is 5. The van der Waals surface area contributed by atoms with Crippen LogP contribution in [0.15, 0.2) is 4.52 Å². The monoisotopic (exact) mass is 252 g/mol. The highest BCUT2D eigenvalue weighted by Crippen LogP contribution is 2.25. The van der Waals surface area contributed by atoms with Gasteiger partial charge in [-0.05, 0) is 20.3 Å². The van der Waals surface area contributed by atoms with E-state index in [2.05, 4.69) is 17.4 Å². The first-order valence-electron chi connectivity index (χ1n) is 6.26. The molecule has 0 saturated carbocycles. The number of aromatic nitrogens is 1. The van der Waals surface area contributed by atoms with Crippen LogP contribution in [-0.4, -0.2) is 30.8 Å². The normalized spacial score (nSPS) is 17.3. The summed E-state index contributed by atoms with van der Waals surface area (Å²) in [7, 11) is 0. The maximum absolute atomic E-state index is 11.7. The van der Waals surface area contributed by atoms with Crippen LogP contribution in [0.1, 0.15) is 30.4 Å².